The van der Waals surface area contributed by atoms with Gasteiger partial charge in [-0.2, -0.15) is 0 Å². The Morgan fingerprint density at radius 2 is 2.00 bits per heavy atom. The van der Waals surface area contributed by atoms with Crippen LogP contribution >= 0.6 is 11.3 Å². The fraction of sp³-hybridized carbons (Fsp3) is 0.412. The highest BCUT2D eigenvalue weighted by Gasteiger charge is 2.17. The van der Waals surface area contributed by atoms with E-state index in [9.17, 15) is 0 Å². The standard InChI is InChI=1S/C17H24N2S/c1-3-14-7-4-5-9-16(14)17(13-18)19(2)11-10-15-8-6-12-20-15/h4-9,12,17H,3,10-11,13,18H2,1-2H3. The van der Waals surface area contributed by atoms with Crippen LogP contribution in [0.25, 0.3) is 0 Å². The van der Waals surface area contributed by atoms with Gasteiger partial charge in [0.25, 0.3) is 0 Å². The first-order chi connectivity index (χ1) is 9.76. The lowest BCUT2D eigenvalue weighted by molar-refractivity contribution is 0.253. The SMILES string of the molecule is CCc1ccccc1C(CN)N(C)CCc1cccs1. The molecule has 1 aromatic heterocycles. The summed E-state index contributed by atoms with van der Waals surface area (Å²) in [4.78, 5) is 3.82. The molecule has 0 amide bonds. The van der Waals surface area contributed by atoms with Crippen LogP contribution in [-0.2, 0) is 12.8 Å². The molecule has 0 fully saturated rings. The average Bonchev–Trinajstić information content (AvgIpc) is 3.00. The lowest BCUT2D eigenvalue weighted by atomic mass is 9.97. The van der Waals surface area contributed by atoms with Gasteiger partial charge in [-0.1, -0.05) is 37.3 Å². The number of thiophene rings is 1. The highest BCUT2D eigenvalue weighted by atomic mass is 32.1. The predicted octanol–water partition coefficient (Wildman–Crippen LogP) is 3.48. The second-order valence-electron chi connectivity index (χ2n) is 5.11. The maximum absolute atomic E-state index is 6.04. The molecular weight excluding hydrogens is 264 g/mol. The Bertz CT molecular complexity index is 507. The minimum absolute atomic E-state index is 0.311. The van der Waals surface area contributed by atoms with Crippen LogP contribution in [0.15, 0.2) is 41.8 Å². The summed E-state index contributed by atoms with van der Waals surface area (Å²) in [6.45, 7) is 3.91. The van der Waals surface area contributed by atoms with Gasteiger partial charge in [0.05, 0.1) is 0 Å². The molecule has 2 N–H and O–H groups in total. The highest BCUT2D eigenvalue weighted by Crippen LogP contribution is 2.23. The Balaban J connectivity index is 2.06. The number of likely N-dealkylation sites (N-methyl/N-ethyl adjacent to an activating group) is 1. The highest BCUT2D eigenvalue weighted by molar-refractivity contribution is 7.09. The van der Waals surface area contributed by atoms with Crippen molar-refractivity contribution < 1.29 is 0 Å². The minimum atomic E-state index is 0.311. The van der Waals surface area contributed by atoms with Crippen LogP contribution in [0, 0.1) is 0 Å². The summed E-state index contributed by atoms with van der Waals surface area (Å²) < 4.78 is 0. The van der Waals surface area contributed by atoms with Crippen molar-refractivity contribution in [3.63, 3.8) is 0 Å². The summed E-state index contributed by atoms with van der Waals surface area (Å²) in [5, 5.41) is 2.14. The molecule has 0 aliphatic rings. The van der Waals surface area contributed by atoms with Crippen molar-refractivity contribution in [1.29, 1.82) is 0 Å². The lowest BCUT2D eigenvalue weighted by Crippen LogP contribution is -2.32. The van der Waals surface area contributed by atoms with Gasteiger partial charge in [-0.3, -0.25) is 4.90 Å². The minimum Gasteiger partial charge on any atom is -0.329 e. The summed E-state index contributed by atoms with van der Waals surface area (Å²) >= 11 is 1.83. The Labute approximate surface area is 126 Å². The Morgan fingerprint density at radius 3 is 2.65 bits per heavy atom. The summed E-state index contributed by atoms with van der Waals surface area (Å²) in [5.74, 6) is 0. The van der Waals surface area contributed by atoms with Crippen molar-refractivity contribution in [3.8, 4) is 0 Å². The van der Waals surface area contributed by atoms with Crippen molar-refractivity contribution in [2.24, 2.45) is 5.73 Å². The van der Waals surface area contributed by atoms with Gasteiger partial charge in [0.15, 0.2) is 0 Å². The second-order valence-corrected chi connectivity index (χ2v) is 6.15. The van der Waals surface area contributed by atoms with Gasteiger partial charge in [-0.15, -0.1) is 11.3 Å². The summed E-state index contributed by atoms with van der Waals surface area (Å²) in [7, 11) is 2.18. The van der Waals surface area contributed by atoms with Crippen molar-refractivity contribution in [2.75, 3.05) is 20.1 Å². The van der Waals surface area contributed by atoms with Gasteiger partial charge < -0.3 is 5.73 Å². The molecule has 1 unspecified atom stereocenters. The largest absolute Gasteiger partial charge is 0.329 e. The summed E-state index contributed by atoms with van der Waals surface area (Å²) in [6.07, 6.45) is 2.16. The molecule has 0 bridgehead atoms. The molecule has 0 radical (unpaired) electrons. The topological polar surface area (TPSA) is 29.3 Å². The van der Waals surface area contributed by atoms with Crippen LogP contribution in [0.1, 0.15) is 29.0 Å². The van der Waals surface area contributed by atoms with Gasteiger partial charge in [-0.05, 0) is 42.5 Å². The summed E-state index contributed by atoms with van der Waals surface area (Å²) in [6, 6.07) is 13.3. The fourth-order valence-electron chi connectivity index (χ4n) is 2.62. The first-order valence-electron chi connectivity index (χ1n) is 7.26. The zero-order chi connectivity index (χ0) is 14.4. The number of nitrogens with two attached hydrogens (primary N) is 1. The van der Waals surface area contributed by atoms with E-state index < -0.39 is 0 Å². The molecule has 1 heterocycles. The van der Waals surface area contributed by atoms with E-state index in [2.05, 4.69) is 60.6 Å². The molecule has 0 aliphatic carbocycles. The second kappa shape index (κ2) is 7.58. The molecular formula is C17H24N2S. The molecule has 1 aromatic carbocycles. The van der Waals surface area contributed by atoms with Crippen LogP contribution in [0.3, 0.4) is 0 Å². The van der Waals surface area contributed by atoms with E-state index in [0.717, 1.165) is 19.4 Å². The van der Waals surface area contributed by atoms with Crippen LogP contribution in [0.2, 0.25) is 0 Å². The quantitative estimate of drug-likeness (QED) is 0.845. The van der Waals surface area contributed by atoms with Crippen LogP contribution < -0.4 is 5.73 Å². The molecule has 2 rings (SSSR count). The van der Waals surface area contributed by atoms with Crippen molar-refractivity contribution in [3.05, 3.63) is 57.8 Å². The van der Waals surface area contributed by atoms with Crippen molar-refractivity contribution in [1.82, 2.24) is 4.90 Å². The average molecular weight is 288 g/mol. The van der Waals surface area contributed by atoms with Crippen molar-refractivity contribution >= 4 is 11.3 Å². The maximum atomic E-state index is 6.04. The molecule has 2 aromatic rings. The fourth-order valence-corrected chi connectivity index (χ4v) is 3.32. The smallest absolute Gasteiger partial charge is 0.0470 e. The number of rotatable bonds is 7. The maximum Gasteiger partial charge on any atom is 0.0470 e. The molecule has 0 aliphatic heterocycles. The van der Waals surface area contributed by atoms with Gasteiger partial charge in [-0.25, -0.2) is 0 Å². The third kappa shape index (κ3) is 3.69. The lowest BCUT2D eigenvalue weighted by Gasteiger charge is -2.28. The van der Waals surface area contributed by atoms with E-state index in [-0.39, 0.29) is 0 Å². The van der Waals surface area contributed by atoms with E-state index in [1.807, 2.05) is 11.3 Å². The zero-order valence-electron chi connectivity index (χ0n) is 12.4. The molecule has 20 heavy (non-hydrogen) atoms. The first-order valence-corrected chi connectivity index (χ1v) is 8.14. The van der Waals surface area contributed by atoms with Crippen LogP contribution in [0.4, 0.5) is 0 Å². The van der Waals surface area contributed by atoms with E-state index >= 15 is 0 Å². The van der Waals surface area contributed by atoms with E-state index in [1.165, 1.54) is 16.0 Å². The molecule has 2 nitrogen and oxygen atoms in total. The normalized spacial score (nSPS) is 12.8. The Morgan fingerprint density at radius 1 is 1.20 bits per heavy atom. The molecule has 0 saturated heterocycles. The van der Waals surface area contributed by atoms with Crippen molar-refractivity contribution in [2.45, 2.75) is 25.8 Å². The number of nitrogens with zero attached hydrogens (tertiary/aromatic N) is 1. The Hall–Kier alpha value is -1.16. The molecule has 3 heteroatoms. The molecule has 1 atom stereocenters. The molecule has 108 valence electrons. The third-order valence-electron chi connectivity index (χ3n) is 3.84. The third-order valence-corrected chi connectivity index (χ3v) is 4.78. The van der Waals surface area contributed by atoms with E-state index in [1.54, 1.807) is 0 Å². The number of benzene rings is 1. The molecule has 0 spiro atoms. The number of hydrogen-bond acceptors (Lipinski definition) is 3. The molecule has 0 saturated carbocycles. The van der Waals surface area contributed by atoms with Gasteiger partial charge in [0.2, 0.25) is 0 Å². The predicted molar refractivity (Wildman–Crippen MR) is 88.3 cm³/mol. The number of hydrogen-bond donors (Lipinski definition) is 1. The summed E-state index contributed by atoms with van der Waals surface area (Å²) in [5.41, 5.74) is 8.83. The van der Waals surface area contributed by atoms with Crippen LogP contribution in [-0.4, -0.2) is 25.0 Å². The Kier molecular flexibility index (Phi) is 5.77. The van der Waals surface area contributed by atoms with Crippen LogP contribution in [0.5, 0.6) is 0 Å². The number of aryl methyl sites for hydroxylation is 1. The zero-order valence-corrected chi connectivity index (χ0v) is 13.2. The van der Waals surface area contributed by atoms with Gasteiger partial charge >= 0.3 is 0 Å². The van der Waals surface area contributed by atoms with E-state index in [4.69, 9.17) is 5.73 Å². The van der Waals surface area contributed by atoms with Gasteiger partial charge in [0.1, 0.15) is 0 Å². The van der Waals surface area contributed by atoms with E-state index in [0.29, 0.717) is 12.6 Å². The monoisotopic (exact) mass is 288 g/mol. The van der Waals surface area contributed by atoms with Gasteiger partial charge in [0, 0.05) is 24.0 Å². The first kappa shape index (κ1) is 15.2.